The number of carbonyl (C=O) groups excluding carboxylic acids is 1. The summed E-state index contributed by atoms with van der Waals surface area (Å²) in [6.07, 6.45) is 1.96. The van der Waals surface area contributed by atoms with E-state index in [2.05, 4.69) is 4.98 Å². The van der Waals surface area contributed by atoms with Gasteiger partial charge in [0.05, 0.1) is 19.0 Å². The number of aryl methyl sites for hydroxylation is 1. The Kier molecular flexibility index (Phi) is 6.26. The molecule has 7 nitrogen and oxygen atoms in total. The van der Waals surface area contributed by atoms with Crippen molar-refractivity contribution in [2.45, 2.75) is 37.1 Å². The highest BCUT2D eigenvalue weighted by atomic mass is 32.2. The number of thioether (sulfide) groups is 1. The zero-order valence-electron chi connectivity index (χ0n) is 17.4. The largest absolute Gasteiger partial charge is 0.347 e. The first-order valence-electron chi connectivity index (χ1n) is 10.3. The fourth-order valence-corrected chi connectivity index (χ4v) is 4.88. The van der Waals surface area contributed by atoms with Crippen molar-refractivity contribution in [3.63, 3.8) is 0 Å². The molecular formula is C22H27N3O4S. The Morgan fingerprint density at radius 1 is 1.17 bits per heavy atom. The maximum Gasteiger partial charge on any atom is 0.257 e. The molecular weight excluding hydrogens is 402 g/mol. The third-order valence-corrected chi connectivity index (χ3v) is 6.80. The van der Waals surface area contributed by atoms with Crippen LogP contribution in [0.4, 0.5) is 0 Å². The molecule has 3 heterocycles. The normalized spacial score (nSPS) is 18.1. The molecule has 2 saturated heterocycles. The van der Waals surface area contributed by atoms with Crippen LogP contribution in [0.1, 0.15) is 29.7 Å². The summed E-state index contributed by atoms with van der Waals surface area (Å²) in [5.41, 5.74) is 2.43. The number of piperidine rings is 1. The Bertz CT molecular complexity index is 960. The topological polar surface area (TPSA) is 73.7 Å². The van der Waals surface area contributed by atoms with Gasteiger partial charge in [0.15, 0.2) is 10.9 Å². The van der Waals surface area contributed by atoms with Gasteiger partial charge in [0, 0.05) is 50.7 Å². The number of amides is 1. The summed E-state index contributed by atoms with van der Waals surface area (Å²) >= 11 is 1.31. The van der Waals surface area contributed by atoms with E-state index in [-0.39, 0.29) is 17.2 Å². The lowest BCUT2D eigenvalue weighted by Crippen LogP contribution is -2.47. The predicted molar refractivity (Wildman–Crippen MR) is 115 cm³/mol. The molecule has 8 heteroatoms. The van der Waals surface area contributed by atoms with Gasteiger partial charge in [0.1, 0.15) is 0 Å². The van der Waals surface area contributed by atoms with Crippen LogP contribution in [0.5, 0.6) is 0 Å². The van der Waals surface area contributed by atoms with E-state index in [4.69, 9.17) is 9.47 Å². The highest BCUT2D eigenvalue weighted by Gasteiger charge is 2.40. The summed E-state index contributed by atoms with van der Waals surface area (Å²) in [5.74, 6) is -0.179. The van der Waals surface area contributed by atoms with Gasteiger partial charge in [0.2, 0.25) is 5.91 Å². The summed E-state index contributed by atoms with van der Waals surface area (Å²) in [5, 5.41) is 0.568. The molecule has 1 aromatic carbocycles. The number of hydrogen-bond donors (Lipinski definition) is 0. The van der Waals surface area contributed by atoms with Gasteiger partial charge in [-0.15, -0.1) is 0 Å². The van der Waals surface area contributed by atoms with Crippen molar-refractivity contribution in [3.05, 3.63) is 57.5 Å². The van der Waals surface area contributed by atoms with Crippen LogP contribution in [0.3, 0.4) is 0 Å². The molecule has 0 radical (unpaired) electrons. The van der Waals surface area contributed by atoms with E-state index in [1.807, 2.05) is 42.2 Å². The lowest BCUT2D eigenvalue weighted by atomic mass is 10.0. The minimum Gasteiger partial charge on any atom is -0.347 e. The molecule has 0 atom stereocenters. The highest BCUT2D eigenvalue weighted by Crippen LogP contribution is 2.31. The second-order valence-electron chi connectivity index (χ2n) is 7.76. The fraction of sp³-hybridized carbons (Fsp3) is 0.500. The Labute approximate surface area is 180 Å². The van der Waals surface area contributed by atoms with E-state index in [1.54, 1.807) is 11.6 Å². The monoisotopic (exact) mass is 429 g/mol. The van der Waals surface area contributed by atoms with Gasteiger partial charge in [-0.1, -0.05) is 42.1 Å². The Morgan fingerprint density at radius 3 is 2.50 bits per heavy atom. The summed E-state index contributed by atoms with van der Waals surface area (Å²) in [7, 11) is 1.72. The summed E-state index contributed by atoms with van der Waals surface area (Å²) in [6.45, 7) is 4.37. The van der Waals surface area contributed by atoms with Gasteiger partial charge in [0.25, 0.3) is 5.56 Å². The Balaban J connectivity index is 1.39. The lowest BCUT2D eigenvalue weighted by molar-refractivity contribution is -0.186. The van der Waals surface area contributed by atoms with Gasteiger partial charge >= 0.3 is 0 Å². The zero-order valence-corrected chi connectivity index (χ0v) is 18.2. The summed E-state index contributed by atoms with van der Waals surface area (Å²) in [4.78, 5) is 32.0. The molecule has 2 fully saturated rings. The molecule has 0 N–H and O–H groups in total. The van der Waals surface area contributed by atoms with Crippen LogP contribution in [0.25, 0.3) is 0 Å². The quantitative estimate of drug-likeness (QED) is 0.536. The number of likely N-dealkylation sites (tertiary alicyclic amines) is 1. The van der Waals surface area contributed by atoms with Crippen LogP contribution >= 0.6 is 11.8 Å². The maximum atomic E-state index is 12.9. The van der Waals surface area contributed by atoms with Crippen LogP contribution in [-0.2, 0) is 27.7 Å². The van der Waals surface area contributed by atoms with E-state index in [0.29, 0.717) is 62.0 Å². The molecule has 0 unspecified atom stereocenters. The van der Waals surface area contributed by atoms with Gasteiger partial charge in [-0.3, -0.25) is 14.2 Å². The molecule has 1 aromatic heterocycles. The smallest absolute Gasteiger partial charge is 0.257 e. The standard InChI is InChI=1S/C22H27N3O4S/c1-16-18(14-17-6-4-3-5-7-17)20(27)24(2)21(23-16)30-15-19(26)25-10-8-22(9-11-25)28-12-13-29-22/h3-7H,8-15H2,1-2H3. The molecule has 1 amide bonds. The molecule has 2 aliphatic rings. The second kappa shape index (κ2) is 8.91. The molecule has 0 saturated carbocycles. The van der Waals surface area contributed by atoms with E-state index in [0.717, 1.165) is 5.56 Å². The summed E-state index contributed by atoms with van der Waals surface area (Å²) < 4.78 is 13.0. The summed E-state index contributed by atoms with van der Waals surface area (Å²) in [6, 6.07) is 9.90. The molecule has 0 aliphatic carbocycles. The average molecular weight is 430 g/mol. The zero-order chi connectivity index (χ0) is 21.1. The first-order valence-corrected chi connectivity index (χ1v) is 11.2. The van der Waals surface area contributed by atoms with Crippen molar-refractivity contribution in [1.82, 2.24) is 14.5 Å². The van der Waals surface area contributed by atoms with E-state index in [1.165, 1.54) is 11.8 Å². The minimum atomic E-state index is -0.485. The number of benzene rings is 1. The number of nitrogens with zero attached hydrogens (tertiary/aromatic N) is 3. The van der Waals surface area contributed by atoms with Gasteiger partial charge in [-0.2, -0.15) is 0 Å². The Morgan fingerprint density at radius 2 is 1.83 bits per heavy atom. The van der Waals surface area contributed by atoms with Gasteiger partial charge in [-0.05, 0) is 12.5 Å². The third-order valence-electron chi connectivity index (χ3n) is 5.79. The van der Waals surface area contributed by atoms with Crippen LogP contribution in [0.2, 0.25) is 0 Å². The van der Waals surface area contributed by atoms with Crippen LogP contribution in [0.15, 0.2) is 40.3 Å². The molecule has 2 aromatic rings. The predicted octanol–water partition coefficient (Wildman–Crippen LogP) is 2.14. The molecule has 2 aliphatic heterocycles. The van der Waals surface area contributed by atoms with Crippen molar-refractivity contribution < 1.29 is 14.3 Å². The lowest BCUT2D eigenvalue weighted by Gasteiger charge is -2.37. The molecule has 0 bridgehead atoms. The van der Waals surface area contributed by atoms with Gasteiger partial charge in [-0.25, -0.2) is 4.98 Å². The van der Waals surface area contributed by atoms with Crippen LogP contribution in [-0.4, -0.2) is 58.2 Å². The van der Waals surface area contributed by atoms with Crippen LogP contribution in [0, 0.1) is 6.92 Å². The van der Waals surface area contributed by atoms with Gasteiger partial charge < -0.3 is 14.4 Å². The van der Waals surface area contributed by atoms with E-state index >= 15 is 0 Å². The molecule has 30 heavy (non-hydrogen) atoms. The fourth-order valence-electron chi connectivity index (χ4n) is 3.96. The first-order chi connectivity index (χ1) is 14.5. The molecule has 4 rings (SSSR count). The molecule has 160 valence electrons. The van der Waals surface area contributed by atoms with E-state index in [9.17, 15) is 9.59 Å². The van der Waals surface area contributed by atoms with Crippen molar-refractivity contribution in [2.24, 2.45) is 7.05 Å². The maximum absolute atomic E-state index is 12.9. The minimum absolute atomic E-state index is 0.0492. The van der Waals surface area contributed by atoms with Crippen molar-refractivity contribution in [3.8, 4) is 0 Å². The first kappa shape index (κ1) is 21.1. The van der Waals surface area contributed by atoms with Crippen molar-refractivity contribution in [1.29, 1.82) is 0 Å². The van der Waals surface area contributed by atoms with E-state index < -0.39 is 5.79 Å². The highest BCUT2D eigenvalue weighted by molar-refractivity contribution is 7.99. The number of ether oxygens (including phenoxy) is 2. The number of carbonyl (C=O) groups is 1. The third kappa shape index (κ3) is 4.45. The Hall–Kier alpha value is -2.16. The van der Waals surface area contributed by atoms with Crippen molar-refractivity contribution >= 4 is 17.7 Å². The number of rotatable bonds is 5. The SMILES string of the molecule is Cc1nc(SCC(=O)N2CCC3(CC2)OCCO3)n(C)c(=O)c1Cc1ccccc1. The van der Waals surface area contributed by atoms with Crippen LogP contribution < -0.4 is 5.56 Å². The second-order valence-corrected chi connectivity index (χ2v) is 8.70. The number of aromatic nitrogens is 2. The number of hydrogen-bond acceptors (Lipinski definition) is 6. The molecule has 1 spiro atoms. The van der Waals surface area contributed by atoms with Crippen molar-refractivity contribution in [2.75, 3.05) is 32.1 Å². The average Bonchev–Trinajstić information content (AvgIpc) is 3.21.